The number of aromatic nitrogens is 3. The minimum Gasteiger partial charge on any atom is -0.292 e. The van der Waals surface area contributed by atoms with E-state index in [9.17, 15) is 13.2 Å². The zero-order valence-electron chi connectivity index (χ0n) is 11.4. The highest BCUT2D eigenvalue weighted by Crippen LogP contribution is 2.08. The fraction of sp³-hybridized carbons (Fsp3) is 0.700. The summed E-state index contributed by atoms with van der Waals surface area (Å²) in [5.74, 6) is 0.385. The van der Waals surface area contributed by atoms with Crippen molar-refractivity contribution < 1.29 is 13.2 Å². The van der Waals surface area contributed by atoms with Crippen LogP contribution >= 0.6 is 0 Å². The molecule has 1 aromatic rings. The lowest BCUT2D eigenvalue weighted by atomic mass is 10.0. The second-order valence-corrected chi connectivity index (χ2v) is 6.59. The molecule has 0 aliphatic rings. The van der Waals surface area contributed by atoms with E-state index in [2.05, 4.69) is 25.2 Å². The zero-order chi connectivity index (χ0) is 14.6. The number of carbonyl (C=O) groups is 1. The molecule has 1 heterocycles. The molecule has 1 aromatic heterocycles. The highest BCUT2D eigenvalue weighted by molar-refractivity contribution is 7.88. The van der Waals surface area contributed by atoms with Crippen molar-refractivity contribution in [3.05, 3.63) is 5.82 Å². The van der Waals surface area contributed by atoms with Crippen LogP contribution in [0.25, 0.3) is 0 Å². The van der Waals surface area contributed by atoms with Crippen molar-refractivity contribution in [2.75, 3.05) is 11.6 Å². The number of anilines is 1. The number of hydrogen-bond acceptors (Lipinski definition) is 5. The van der Waals surface area contributed by atoms with E-state index >= 15 is 0 Å². The van der Waals surface area contributed by atoms with E-state index in [1.807, 2.05) is 13.8 Å². The number of aryl methyl sites for hydroxylation is 1. The van der Waals surface area contributed by atoms with Crippen LogP contribution in [-0.4, -0.2) is 41.8 Å². The predicted molar refractivity (Wildman–Crippen MR) is 71.0 cm³/mol. The van der Waals surface area contributed by atoms with E-state index in [1.165, 1.54) is 0 Å². The van der Waals surface area contributed by atoms with Crippen LogP contribution < -0.4 is 10.0 Å². The highest BCUT2D eigenvalue weighted by atomic mass is 32.2. The average Bonchev–Trinajstić information content (AvgIpc) is 2.60. The van der Waals surface area contributed by atoms with Crippen LogP contribution in [0.4, 0.5) is 5.95 Å². The van der Waals surface area contributed by atoms with Crippen LogP contribution in [0.2, 0.25) is 0 Å². The van der Waals surface area contributed by atoms with Crippen LogP contribution in [0.1, 0.15) is 26.1 Å². The summed E-state index contributed by atoms with van der Waals surface area (Å²) >= 11 is 0. The van der Waals surface area contributed by atoms with Gasteiger partial charge < -0.3 is 0 Å². The van der Waals surface area contributed by atoms with Gasteiger partial charge in [0.2, 0.25) is 21.9 Å². The number of rotatable bonds is 6. The molecule has 8 nitrogen and oxygen atoms in total. The summed E-state index contributed by atoms with van der Waals surface area (Å²) < 4.78 is 24.8. The van der Waals surface area contributed by atoms with Crippen LogP contribution in [-0.2, 0) is 14.8 Å². The van der Waals surface area contributed by atoms with Gasteiger partial charge in [0.05, 0.1) is 6.26 Å². The van der Waals surface area contributed by atoms with Gasteiger partial charge >= 0.3 is 0 Å². The molecular formula is C10H19N5O3S. The number of H-pyrrole nitrogens is 1. The number of sulfonamides is 1. The van der Waals surface area contributed by atoms with E-state index in [1.54, 1.807) is 6.92 Å². The monoisotopic (exact) mass is 289 g/mol. The first-order valence-corrected chi connectivity index (χ1v) is 7.73. The van der Waals surface area contributed by atoms with Crippen molar-refractivity contribution in [3.8, 4) is 0 Å². The number of carbonyl (C=O) groups excluding carboxylic acids is 1. The second-order valence-electron chi connectivity index (χ2n) is 4.81. The van der Waals surface area contributed by atoms with Gasteiger partial charge in [0.25, 0.3) is 0 Å². The molecule has 3 N–H and O–H groups in total. The number of nitrogens with one attached hydrogen (secondary N) is 3. The van der Waals surface area contributed by atoms with E-state index in [-0.39, 0.29) is 11.9 Å². The first kappa shape index (κ1) is 15.6. The lowest BCUT2D eigenvalue weighted by Crippen LogP contribution is -2.44. The lowest BCUT2D eigenvalue weighted by molar-refractivity contribution is -0.118. The highest BCUT2D eigenvalue weighted by Gasteiger charge is 2.24. The topological polar surface area (TPSA) is 117 Å². The van der Waals surface area contributed by atoms with Crippen LogP contribution in [0.15, 0.2) is 0 Å². The molecule has 0 aliphatic heterocycles. The molecular weight excluding hydrogens is 270 g/mol. The molecule has 108 valence electrons. The maximum absolute atomic E-state index is 12.0. The SMILES string of the molecule is Cc1nc(NC(=O)C(CC(C)C)NS(C)(=O)=O)n[nH]1. The Labute approximate surface area is 112 Å². The molecule has 1 amide bonds. The number of nitrogens with zero attached hydrogens (tertiary/aromatic N) is 2. The third-order valence-corrected chi connectivity index (χ3v) is 2.92. The Bertz CT molecular complexity index is 537. The fourth-order valence-corrected chi connectivity index (χ4v) is 2.25. The molecule has 1 unspecified atom stereocenters. The van der Waals surface area contributed by atoms with Crippen molar-refractivity contribution >= 4 is 21.9 Å². The summed E-state index contributed by atoms with van der Waals surface area (Å²) in [7, 11) is -3.46. The summed E-state index contributed by atoms with van der Waals surface area (Å²) in [6.45, 7) is 5.51. The Morgan fingerprint density at radius 3 is 2.47 bits per heavy atom. The third-order valence-electron chi connectivity index (χ3n) is 2.21. The Morgan fingerprint density at radius 2 is 2.05 bits per heavy atom. The summed E-state index contributed by atoms with van der Waals surface area (Å²) in [6.07, 6.45) is 1.41. The normalized spacial score (nSPS) is 13.5. The first-order valence-electron chi connectivity index (χ1n) is 5.84. The number of amides is 1. The summed E-state index contributed by atoms with van der Waals surface area (Å²) in [4.78, 5) is 15.9. The molecule has 1 rings (SSSR count). The minimum absolute atomic E-state index is 0.131. The maximum Gasteiger partial charge on any atom is 0.248 e. The van der Waals surface area contributed by atoms with E-state index in [0.29, 0.717) is 12.2 Å². The molecule has 0 saturated carbocycles. The Hall–Kier alpha value is -1.48. The molecule has 1 atom stereocenters. The molecule has 0 fully saturated rings. The molecule has 0 aromatic carbocycles. The lowest BCUT2D eigenvalue weighted by Gasteiger charge is -2.17. The molecule has 9 heteroatoms. The van der Waals surface area contributed by atoms with Crippen molar-refractivity contribution in [1.82, 2.24) is 19.9 Å². The molecule has 0 saturated heterocycles. The van der Waals surface area contributed by atoms with E-state index < -0.39 is 22.0 Å². The standard InChI is InChI=1S/C10H19N5O3S/c1-6(2)5-8(15-19(4,17)18)9(16)12-10-11-7(3)13-14-10/h6,8,15H,5H2,1-4H3,(H2,11,12,13,14,16). The largest absolute Gasteiger partial charge is 0.292 e. The van der Waals surface area contributed by atoms with Gasteiger partial charge in [-0.1, -0.05) is 13.8 Å². The second kappa shape index (κ2) is 6.11. The molecule has 19 heavy (non-hydrogen) atoms. The number of hydrogen-bond donors (Lipinski definition) is 3. The average molecular weight is 289 g/mol. The van der Waals surface area contributed by atoms with Crippen LogP contribution in [0.3, 0.4) is 0 Å². The third kappa shape index (κ3) is 5.79. The van der Waals surface area contributed by atoms with Gasteiger partial charge in [-0.3, -0.25) is 15.2 Å². The van der Waals surface area contributed by atoms with Gasteiger partial charge in [-0.15, -0.1) is 5.10 Å². The summed E-state index contributed by atoms with van der Waals surface area (Å²) in [6, 6.07) is -0.839. The quantitative estimate of drug-likeness (QED) is 0.682. The smallest absolute Gasteiger partial charge is 0.248 e. The van der Waals surface area contributed by atoms with Gasteiger partial charge in [-0.2, -0.15) is 4.98 Å². The van der Waals surface area contributed by atoms with Crippen molar-refractivity contribution in [1.29, 1.82) is 0 Å². The molecule has 0 bridgehead atoms. The van der Waals surface area contributed by atoms with Gasteiger partial charge in [0, 0.05) is 0 Å². The van der Waals surface area contributed by atoms with Crippen molar-refractivity contribution in [2.45, 2.75) is 33.2 Å². The predicted octanol–water partition coefficient (Wildman–Crippen LogP) is 0.0155. The van der Waals surface area contributed by atoms with Crippen LogP contribution in [0, 0.1) is 12.8 Å². The van der Waals surface area contributed by atoms with Gasteiger partial charge in [-0.25, -0.2) is 13.1 Å². The van der Waals surface area contributed by atoms with E-state index in [4.69, 9.17) is 0 Å². The Morgan fingerprint density at radius 1 is 1.42 bits per heavy atom. The van der Waals surface area contributed by atoms with E-state index in [0.717, 1.165) is 6.26 Å². The summed E-state index contributed by atoms with van der Waals surface area (Å²) in [5, 5.41) is 8.83. The molecule has 0 spiro atoms. The van der Waals surface area contributed by atoms with Crippen molar-refractivity contribution in [2.24, 2.45) is 5.92 Å². The first-order chi connectivity index (χ1) is 8.67. The van der Waals surface area contributed by atoms with Gasteiger partial charge in [-0.05, 0) is 19.3 Å². The Kier molecular flexibility index (Phi) is 5.01. The maximum atomic E-state index is 12.0. The Balaban J connectivity index is 2.76. The number of aromatic amines is 1. The van der Waals surface area contributed by atoms with Gasteiger partial charge in [0.1, 0.15) is 11.9 Å². The summed E-state index contributed by atoms with van der Waals surface area (Å²) in [5.41, 5.74) is 0. The zero-order valence-corrected chi connectivity index (χ0v) is 12.2. The fourth-order valence-electron chi connectivity index (χ4n) is 1.53. The van der Waals surface area contributed by atoms with Gasteiger partial charge in [0.15, 0.2) is 0 Å². The van der Waals surface area contributed by atoms with Crippen molar-refractivity contribution in [3.63, 3.8) is 0 Å². The van der Waals surface area contributed by atoms with Crippen LogP contribution in [0.5, 0.6) is 0 Å². The molecule has 0 radical (unpaired) electrons. The molecule has 0 aliphatic carbocycles. The minimum atomic E-state index is -3.46.